The number of nitrogens with one attached hydrogen (secondary N) is 1. The van der Waals surface area contributed by atoms with Crippen LogP contribution < -0.4 is 5.32 Å². The van der Waals surface area contributed by atoms with Crippen molar-refractivity contribution < 1.29 is 18.1 Å². The van der Waals surface area contributed by atoms with Gasteiger partial charge in [0.2, 0.25) is 0 Å². The molecule has 0 saturated carbocycles. The minimum Gasteiger partial charge on any atom is -0.379 e. The fraction of sp³-hybridized carbons (Fsp3) is 0.333. The zero-order chi connectivity index (χ0) is 14.6. The number of para-hydroxylation sites is 1. The first kappa shape index (κ1) is 15.0. The summed E-state index contributed by atoms with van der Waals surface area (Å²) in [6, 6.07) is 4.85. The Morgan fingerprint density at radius 2 is 1.95 bits per heavy atom. The highest BCUT2D eigenvalue weighted by Gasteiger charge is 2.34. The van der Waals surface area contributed by atoms with E-state index in [4.69, 9.17) is 0 Å². The molecule has 1 aromatic rings. The Morgan fingerprint density at radius 3 is 2.42 bits per heavy atom. The molecule has 0 fully saturated rings. The van der Waals surface area contributed by atoms with Crippen molar-refractivity contribution in [2.24, 2.45) is 0 Å². The average molecular weight is 274 g/mol. The van der Waals surface area contributed by atoms with E-state index in [0.29, 0.717) is 0 Å². The van der Waals surface area contributed by atoms with Crippen molar-refractivity contribution in [1.29, 1.82) is 0 Å². The van der Waals surface area contributed by atoms with Crippen LogP contribution >= 0.6 is 0 Å². The Balaban J connectivity index is 3.26. The second-order valence-corrected chi connectivity index (χ2v) is 4.17. The van der Waals surface area contributed by atoms with Crippen molar-refractivity contribution in [3.8, 4) is 0 Å². The van der Waals surface area contributed by atoms with Crippen molar-refractivity contribution in [2.45, 2.75) is 26.1 Å². The molecule has 7 heteroatoms. The van der Waals surface area contributed by atoms with Gasteiger partial charge in [-0.25, -0.2) is 0 Å². The fourth-order valence-corrected chi connectivity index (χ4v) is 1.45. The molecular weight excluding hydrogens is 261 g/mol. The third kappa shape index (κ3) is 4.27. The zero-order valence-electron chi connectivity index (χ0n) is 10.4. The summed E-state index contributed by atoms with van der Waals surface area (Å²) in [7, 11) is 0. The van der Waals surface area contributed by atoms with Gasteiger partial charge in [-0.2, -0.15) is 13.2 Å². The van der Waals surface area contributed by atoms with Crippen LogP contribution in [0, 0.1) is 10.1 Å². The maximum Gasteiger partial charge on any atom is 0.430 e. The SMILES string of the molecule is CC(C)N/C(=C/c1ccccc1[N+](=O)[O-])C(F)(F)F. The first-order valence-corrected chi connectivity index (χ1v) is 5.50. The monoisotopic (exact) mass is 274 g/mol. The first-order chi connectivity index (χ1) is 8.71. The van der Waals surface area contributed by atoms with E-state index < -0.39 is 22.8 Å². The molecular formula is C12H13F3N2O2. The molecule has 0 heterocycles. The summed E-state index contributed by atoms with van der Waals surface area (Å²) in [5, 5.41) is 13.0. The second kappa shape index (κ2) is 5.73. The Kier molecular flexibility index (Phi) is 4.52. The summed E-state index contributed by atoms with van der Waals surface area (Å²) in [6.45, 7) is 3.11. The number of allylic oxidation sites excluding steroid dienone is 1. The van der Waals surface area contributed by atoms with Crippen LogP contribution in [-0.4, -0.2) is 17.1 Å². The van der Waals surface area contributed by atoms with E-state index in [1.165, 1.54) is 18.2 Å². The van der Waals surface area contributed by atoms with Gasteiger partial charge in [-0.3, -0.25) is 10.1 Å². The smallest absolute Gasteiger partial charge is 0.379 e. The lowest BCUT2D eigenvalue weighted by Gasteiger charge is -2.17. The molecule has 1 aromatic carbocycles. The van der Waals surface area contributed by atoms with Gasteiger partial charge in [0.1, 0.15) is 5.70 Å². The number of hydrogen-bond acceptors (Lipinski definition) is 3. The van der Waals surface area contributed by atoms with Crippen LogP contribution in [0.5, 0.6) is 0 Å². The molecule has 0 unspecified atom stereocenters. The highest BCUT2D eigenvalue weighted by Crippen LogP contribution is 2.28. The quantitative estimate of drug-likeness (QED) is 0.675. The molecule has 0 aliphatic rings. The predicted molar refractivity (Wildman–Crippen MR) is 65.4 cm³/mol. The number of alkyl halides is 3. The number of nitro groups is 1. The largest absolute Gasteiger partial charge is 0.430 e. The minimum absolute atomic E-state index is 0.0898. The van der Waals surface area contributed by atoms with Crippen molar-refractivity contribution >= 4 is 11.8 Å². The fourth-order valence-electron chi connectivity index (χ4n) is 1.45. The molecule has 0 spiro atoms. The van der Waals surface area contributed by atoms with Crippen molar-refractivity contribution in [2.75, 3.05) is 0 Å². The number of hydrogen-bond donors (Lipinski definition) is 1. The van der Waals surface area contributed by atoms with Crippen LogP contribution in [0.2, 0.25) is 0 Å². The van der Waals surface area contributed by atoms with Gasteiger partial charge in [0.25, 0.3) is 5.69 Å². The van der Waals surface area contributed by atoms with Crippen LogP contribution in [-0.2, 0) is 0 Å². The van der Waals surface area contributed by atoms with Crippen LogP contribution in [0.25, 0.3) is 6.08 Å². The lowest BCUT2D eigenvalue weighted by molar-refractivity contribution is -0.385. The van der Waals surface area contributed by atoms with Gasteiger partial charge in [-0.1, -0.05) is 12.1 Å². The number of nitrogens with zero attached hydrogens (tertiary/aromatic N) is 1. The molecule has 19 heavy (non-hydrogen) atoms. The van der Waals surface area contributed by atoms with Gasteiger partial charge in [-0.15, -0.1) is 0 Å². The highest BCUT2D eigenvalue weighted by molar-refractivity contribution is 5.63. The first-order valence-electron chi connectivity index (χ1n) is 5.50. The van der Waals surface area contributed by atoms with E-state index in [1.54, 1.807) is 13.8 Å². The Bertz CT molecular complexity index is 496. The Labute approximate surface area is 108 Å². The van der Waals surface area contributed by atoms with Crippen molar-refractivity contribution in [3.05, 3.63) is 45.6 Å². The Hall–Kier alpha value is -2.05. The van der Waals surface area contributed by atoms with Crippen LogP contribution in [0.3, 0.4) is 0 Å². The lowest BCUT2D eigenvalue weighted by Crippen LogP contribution is -2.31. The maximum atomic E-state index is 12.8. The summed E-state index contributed by atoms with van der Waals surface area (Å²) in [5.41, 5.74) is -1.46. The van der Waals surface area contributed by atoms with Crippen LogP contribution in [0.15, 0.2) is 30.0 Å². The van der Waals surface area contributed by atoms with Gasteiger partial charge in [0.05, 0.1) is 10.5 Å². The van der Waals surface area contributed by atoms with Crippen molar-refractivity contribution in [1.82, 2.24) is 5.32 Å². The van der Waals surface area contributed by atoms with Gasteiger partial charge in [-0.05, 0) is 26.0 Å². The molecule has 0 aromatic heterocycles. The van der Waals surface area contributed by atoms with E-state index in [1.807, 2.05) is 0 Å². The van der Waals surface area contributed by atoms with Gasteiger partial charge >= 0.3 is 6.18 Å². The van der Waals surface area contributed by atoms with Gasteiger partial charge < -0.3 is 5.32 Å². The highest BCUT2D eigenvalue weighted by atomic mass is 19.4. The second-order valence-electron chi connectivity index (χ2n) is 4.17. The number of nitro benzene ring substituents is 1. The molecule has 4 nitrogen and oxygen atoms in total. The van der Waals surface area contributed by atoms with Crippen LogP contribution in [0.4, 0.5) is 18.9 Å². The van der Waals surface area contributed by atoms with E-state index in [2.05, 4.69) is 5.32 Å². The molecule has 0 aliphatic heterocycles. The van der Waals surface area contributed by atoms with Gasteiger partial charge in [0, 0.05) is 12.1 Å². The molecule has 0 radical (unpaired) electrons. The third-order valence-corrected chi connectivity index (χ3v) is 2.18. The summed E-state index contributed by atoms with van der Waals surface area (Å²) < 4.78 is 38.4. The Morgan fingerprint density at radius 1 is 1.37 bits per heavy atom. The number of halogens is 3. The van der Waals surface area contributed by atoms with Gasteiger partial charge in [0.15, 0.2) is 0 Å². The molecule has 0 bridgehead atoms. The molecule has 0 aliphatic carbocycles. The maximum absolute atomic E-state index is 12.8. The van der Waals surface area contributed by atoms with Crippen molar-refractivity contribution in [3.63, 3.8) is 0 Å². The molecule has 0 atom stereocenters. The average Bonchev–Trinajstić information content (AvgIpc) is 2.26. The summed E-state index contributed by atoms with van der Waals surface area (Å²) in [4.78, 5) is 10.0. The summed E-state index contributed by atoms with van der Waals surface area (Å²) in [6.07, 6.45) is -3.84. The summed E-state index contributed by atoms with van der Waals surface area (Å²) >= 11 is 0. The third-order valence-electron chi connectivity index (χ3n) is 2.18. The lowest BCUT2D eigenvalue weighted by atomic mass is 10.1. The molecule has 1 N–H and O–H groups in total. The zero-order valence-corrected chi connectivity index (χ0v) is 10.4. The number of rotatable bonds is 4. The summed E-state index contributed by atoms with van der Waals surface area (Å²) in [5.74, 6) is 0. The minimum atomic E-state index is -4.59. The standard InChI is InChI=1S/C12H13F3N2O2/c1-8(2)16-11(12(13,14)15)7-9-5-3-4-6-10(9)17(18)19/h3-8,16H,1-2H3/b11-7+. The van der Waals surface area contributed by atoms with Crippen LogP contribution in [0.1, 0.15) is 19.4 Å². The number of benzene rings is 1. The van der Waals surface area contributed by atoms with E-state index in [9.17, 15) is 23.3 Å². The molecule has 0 amide bonds. The molecule has 104 valence electrons. The normalized spacial score (nSPS) is 12.6. The molecule has 1 rings (SSSR count). The van der Waals surface area contributed by atoms with E-state index in [0.717, 1.165) is 12.1 Å². The molecule has 0 saturated heterocycles. The predicted octanol–water partition coefficient (Wildman–Crippen LogP) is 3.50. The van der Waals surface area contributed by atoms with E-state index >= 15 is 0 Å². The topological polar surface area (TPSA) is 55.2 Å². The van der Waals surface area contributed by atoms with E-state index in [-0.39, 0.29) is 11.3 Å².